The van der Waals surface area contributed by atoms with Crippen molar-refractivity contribution in [2.75, 3.05) is 0 Å². The van der Waals surface area contributed by atoms with Crippen molar-refractivity contribution in [2.24, 2.45) is 7.05 Å². The molecule has 0 bridgehead atoms. The predicted octanol–water partition coefficient (Wildman–Crippen LogP) is 3.82. The largest absolute Gasteiger partial charge is 0.352 e. The van der Waals surface area contributed by atoms with Crippen LogP contribution in [0.1, 0.15) is 5.82 Å². The first-order valence-electron chi connectivity index (χ1n) is 8.11. The minimum absolute atomic E-state index is 0.897. The van der Waals surface area contributed by atoms with Gasteiger partial charge in [0, 0.05) is 24.2 Å². The molecule has 0 saturated heterocycles. The van der Waals surface area contributed by atoms with Crippen LogP contribution in [0.25, 0.3) is 44.6 Å². The summed E-state index contributed by atoms with van der Waals surface area (Å²) in [5.74, 6) is 0.990. The number of hydrogen-bond donors (Lipinski definition) is 2. The van der Waals surface area contributed by atoms with E-state index in [1.54, 1.807) is 6.20 Å². The van der Waals surface area contributed by atoms with Gasteiger partial charge in [-0.25, -0.2) is 4.98 Å². The van der Waals surface area contributed by atoms with Gasteiger partial charge in [0.25, 0.3) is 0 Å². The molecule has 0 aliphatic rings. The fourth-order valence-corrected chi connectivity index (χ4v) is 3.23. The van der Waals surface area contributed by atoms with Gasteiger partial charge >= 0.3 is 0 Å². The second-order valence-electron chi connectivity index (χ2n) is 6.20. The number of benzene rings is 1. The molecule has 0 unspecified atom stereocenters. The normalized spacial score (nSPS) is 11.6. The molecule has 6 nitrogen and oxygen atoms in total. The van der Waals surface area contributed by atoms with Crippen molar-refractivity contribution in [3.63, 3.8) is 0 Å². The van der Waals surface area contributed by atoms with Crippen LogP contribution in [0.4, 0.5) is 0 Å². The summed E-state index contributed by atoms with van der Waals surface area (Å²) >= 11 is 0. The minimum atomic E-state index is 0.897. The van der Waals surface area contributed by atoms with Crippen molar-refractivity contribution in [1.82, 2.24) is 29.7 Å². The molecule has 122 valence electrons. The highest BCUT2D eigenvalue weighted by Gasteiger charge is 2.13. The van der Waals surface area contributed by atoms with Crippen LogP contribution >= 0.6 is 0 Å². The molecule has 0 radical (unpaired) electrons. The van der Waals surface area contributed by atoms with Crippen molar-refractivity contribution in [3.8, 4) is 22.6 Å². The first-order valence-corrected chi connectivity index (χ1v) is 8.11. The highest BCUT2D eigenvalue weighted by Crippen LogP contribution is 2.31. The Balaban J connectivity index is 1.71. The average molecular weight is 328 g/mol. The quantitative estimate of drug-likeness (QED) is 0.517. The summed E-state index contributed by atoms with van der Waals surface area (Å²) in [6, 6.07) is 12.3. The number of H-pyrrole nitrogens is 2. The summed E-state index contributed by atoms with van der Waals surface area (Å²) < 4.78 is 2.09. The molecule has 0 saturated carbocycles. The van der Waals surface area contributed by atoms with Crippen molar-refractivity contribution < 1.29 is 0 Å². The zero-order chi connectivity index (χ0) is 17.0. The number of fused-ring (bicyclic) bond motifs is 2. The molecule has 2 N–H and O–H groups in total. The summed E-state index contributed by atoms with van der Waals surface area (Å²) in [5, 5.41) is 8.71. The second-order valence-corrected chi connectivity index (χ2v) is 6.20. The van der Waals surface area contributed by atoms with E-state index in [1.165, 1.54) is 0 Å². The van der Waals surface area contributed by atoms with Crippen molar-refractivity contribution in [3.05, 3.63) is 54.6 Å². The lowest BCUT2D eigenvalue weighted by Crippen LogP contribution is -1.94. The van der Waals surface area contributed by atoms with Gasteiger partial charge in [-0.3, -0.25) is 10.1 Å². The first-order chi connectivity index (χ1) is 12.2. The Kier molecular flexibility index (Phi) is 2.82. The highest BCUT2D eigenvalue weighted by atomic mass is 15.1. The lowest BCUT2D eigenvalue weighted by atomic mass is 10.1. The van der Waals surface area contributed by atoms with Gasteiger partial charge in [0.2, 0.25) is 0 Å². The van der Waals surface area contributed by atoms with Gasteiger partial charge in [-0.15, -0.1) is 0 Å². The fourth-order valence-electron chi connectivity index (χ4n) is 3.23. The van der Waals surface area contributed by atoms with Gasteiger partial charge in [0.05, 0.1) is 34.1 Å². The van der Waals surface area contributed by atoms with Crippen LogP contribution in [-0.2, 0) is 7.05 Å². The molecule has 4 heterocycles. The van der Waals surface area contributed by atoms with Gasteiger partial charge in [-0.2, -0.15) is 5.10 Å². The molecular weight excluding hydrogens is 312 g/mol. The summed E-state index contributed by atoms with van der Waals surface area (Å²) in [6.45, 7) is 2.00. The van der Waals surface area contributed by atoms with E-state index in [0.717, 1.165) is 50.4 Å². The lowest BCUT2D eigenvalue weighted by molar-refractivity contribution is 0.865. The molecule has 6 heteroatoms. The SMILES string of the molecule is Cc1ncc(-c2ccc3[nH]nc(-c4cc5ncccc5[nH]4)c3c2)n1C. The van der Waals surface area contributed by atoms with Crippen LogP contribution in [0.2, 0.25) is 0 Å². The maximum Gasteiger partial charge on any atom is 0.116 e. The molecule has 0 aliphatic carbocycles. The smallest absolute Gasteiger partial charge is 0.116 e. The molecule has 5 aromatic rings. The Morgan fingerprint density at radius 3 is 2.76 bits per heavy atom. The number of aromatic nitrogens is 6. The summed E-state index contributed by atoms with van der Waals surface area (Å²) in [6.07, 6.45) is 3.70. The van der Waals surface area contributed by atoms with Gasteiger partial charge in [-0.05, 0) is 37.3 Å². The number of hydrogen-bond acceptors (Lipinski definition) is 3. The number of nitrogens with one attached hydrogen (secondary N) is 2. The standard InChI is InChI=1S/C19H16N6/c1-11-21-10-18(25(11)2)12-5-6-14-13(8-12)19(24-23-14)17-9-16-15(22-17)4-3-7-20-16/h3-10,22H,1-2H3,(H,23,24). The first kappa shape index (κ1) is 14.0. The Hall–Kier alpha value is -3.41. The predicted molar refractivity (Wildman–Crippen MR) is 98.1 cm³/mol. The summed E-state index contributed by atoms with van der Waals surface area (Å²) in [4.78, 5) is 12.2. The van der Waals surface area contributed by atoms with Crippen LogP contribution in [0, 0.1) is 6.92 Å². The molecule has 0 amide bonds. The molecule has 0 spiro atoms. The van der Waals surface area contributed by atoms with Crippen LogP contribution in [-0.4, -0.2) is 29.7 Å². The maximum absolute atomic E-state index is 4.52. The monoisotopic (exact) mass is 328 g/mol. The van der Waals surface area contributed by atoms with E-state index in [9.17, 15) is 0 Å². The van der Waals surface area contributed by atoms with E-state index in [1.807, 2.05) is 38.4 Å². The van der Waals surface area contributed by atoms with Gasteiger partial charge in [0.1, 0.15) is 11.5 Å². The maximum atomic E-state index is 4.52. The van der Waals surface area contributed by atoms with Crippen molar-refractivity contribution >= 4 is 21.9 Å². The van der Waals surface area contributed by atoms with Crippen LogP contribution in [0.3, 0.4) is 0 Å². The number of imidazole rings is 1. The molecule has 4 aromatic heterocycles. The van der Waals surface area contributed by atoms with Gasteiger partial charge < -0.3 is 9.55 Å². The van der Waals surface area contributed by atoms with Gasteiger partial charge in [0.15, 0.2) is 0 Å². The molecule has 25 heavy (non-hydrogen) atoms. The van der Waals surface area contributed by atoms with Crippen LogP contribution < -0.4 is 0 Å². The van der Waals surface area contributed by atoms with Gasteiger partial charge in [-0.1, -0.05) is 6.07 Å². The summed E-state index contributed by atoms with van der Waals surface area (Å²) in [7, 11) is 2.03. The molecular formula is C19H16N6. The Morgan fingerprint density at radius 1 is 1.04 bits per heavy atom. The van der Waals surface area contributed by atoms with E-state index in [4.69, 9.17) is 0 Å². The number of aryl methyl sites for hydroxylation is 1. The van der Waals surface area contributed by atoms with E-state index >= 15 is 0 Å². The third kappa shape index (κ3) is 2.07. The summed E-state index contributed by atoms with van der Waals surface area (Å²) in [5.41, 5.74) is 7.01. The van der Waals surface area contributed by atoms with E-state index in [0.29, 0.717) is 0 Å². The van der Waals surface area contributed by atoms with E-state index < -0.39 is 0 Å². The average Bonchev–Trinajstić information content (AvgIpc) is 3.31. The number of pyridine rings is 1. The van der Waals surface area contributed by atoms with Crippen molar-refractivity contribution in [2.45, 2.75) is 6.92 Å². The highest BCUT2D eigenvalue weighted by molar-refractivity contribution is 5.96. The molecule has 0 atom stereocenters. The fraction of sp³-hybridized carbons (Fsp3) is 0.105. The van der Waals surface area contributed by atoms with Crippen molar-refractivity contribution in [1.29, 1.82) is 0 Å². The molecule has 0 fully saturated rings. The molecule has 5 rings (SSSR count). The third-order valence-electron chi connectivity index (χ3n) is 4.72. The topological polar surface area (TPSA) is 75.2 Å². The molecule has 0 aliphatic heterocycles. The number of aromatic amines is 2. The van der Waals surface area contributed by atoms with Crippen LogP contribution in [0.15, 0.2) is 48.8 Å². The Bertz CT molecular complexity index is 1190. The van der Waals surface area contributed by atoms with Crippen LogP contribution in [0.5, 0.6) is 0 Å². The zero-order valence-electron chi connectivity index (χ0n) is 13.9. The zero-order valence-corrected chi connectivity index (χ0v) is 13.9. The Labute approximate surface area is 143 Å². The Morgan fingerprint density at radius 2 is 1.96 bits per heavy atom. The third-order valence-corrected chi connectivity index (χ3v) is 4.72. The number of nitrogens with zero attached hydrogens (tertiary/aromatic N) is 4. The lowest BCUT2D eigenvalue weighted by Gasteiger charge is -2.04. The van der Waals surface area contributed by atoms with E-state index in [2.05, 4.69) is 47.9 Å². The second kappa shape index (κ2) is 5.04. The minimum Gasteiger partial charge on any atom is -0.352 e. The number of rotatable bonds is 2. The van der Waals surface area contributed by atoms with E-state index in [-0.39, 0.29) is 0 Å². The molecule has 1 aromatic carbocycles.